The van der Waals surface area contributed by atoms with E-state index in [2.05, 4.69) is 28.9 Å². The van der Waals surface area contributed by atoms with E-state index in [1.54, 1.807) is 0 Å². The molecule has 2 rings (SSSR count). The Balaban J connectivity index is 2.50. The van der Waals surface area contributed by atoms with Gasteiger partial charge in [-0.15, -0.1) is 0 Å². The molecule has 2 aromatic carbocycles. The van der Waals surface area contributed by atoms with Crippen molar-refractivity contribution in [3.63, 3.8) is 0 Å². The molecule has 0 aromatic heterocycles. The monoisotopic (exact) mass is 342 g/mol. The van der Waals surface area contributed by atoms with Crippen LogP contribution in [0.1, 0.15) is 27.1 Å². The SMILES string of the molecule is Cc1cc(C(Br)c2ccccc2Cl)c(C)cc1Cl. The van der Waals surface area contributed by atoms with Crippen LogP contribution in [-0.2, 0) is 0 Å². The lowest BCUT2D eigenvalue weighted by Crippen LogP contribution is -1.98. The van der Waals surface area contributed by atoms with E-state index in [0.29, 0.717) is 0 Å². The molecule has 0 aliphatic carbocycles. The zero-order valence-corrected chi connectivity index (χ0v) is 13.3. The lowest BCUT2D eigenvalue weighted by molar-refractivity contribution is 1.13. The summed E-state index contributed by atoms with van der Waals surface area (Å²) in [4.78, 5) is 0.0853. The van der Waals surface area contributed by atoms with Crippen molar-refractivity contribution in [2.75, 3.05) is 0 Å². The summed E-state index contributed by atoms with van der Waals surface area (Å²) in [6.45, 7) is 4.07. The normalized spacial score (nSPS) is 12.5. The van der Waals surface area contributed by atoms with Gasteiger partial charge in [-0.05, 0) is 48.2 Å². The minimum absolute atomic E-state index is 0.0853. The number of halogens is 3. The first-order valence-corrected chi connectivity index (χ1v) is 7.33. The molecule has 1 atom stereocenters. The van der Waals surface area contributed by atoms with Crippen LogP contribution >= 0.6 is 39.1 Å². The molecular formula is C15H13BrCl2. The fraction of sp³-hybridized carbons (Fsp3) is 0.200. The molecule has 0 saturated heterocycles. The molecule has 0 bridgehead atoms. The summed E-state index contributed by atoms with van der Waals surface area (Å²) in [6, 6.07) is 12.0. The average molecular weight is 344 g/mol. The third-order valence-corrected chi connectivity index (χ3v) is 4.74. The molecule has 0 amide bonds. The van der Waals surface area contributed by atoms with Gasteiger partial charge in [0.05, 0.1) is 4.83 Å². The minimum atomic E-state index is 0.0853. The van der Waals surface area contributed by atoms with Crippen LogP contribution in [0.2, 0.25) is 10.0 Å². The Morgan fingerprint density at radius 1 is 0.889 bits per heavy atom. The zero-order chi connectivity index (χ0) is 13.3. The summed E-state index contributed by atoms with van der Waals surface area (Å²) in [5.41, 5.74) is 4.51. The maximum Gasteiger partial charge on any atom is 0.0661 e. The van der Waals surface area contributed by atoms with Crippen LogP contribution in [0.25, 0.3) is 0 Å². The molecule has 0 radical (unpaired) electrons. The molecule has 94 valence electrons. The van der Waals surface area contributed by atoms with E-state index >= 15 is 0 Å². The molecule has 0 aliphatic rings. The number of aryl methyl sites for hydroxylation is 2. The Morgan fingerprint density at radius 3 is 2.22 bits per heavy atom. The first kappa shape index (κ1) is 13.9. The van der Waals surface area contributed by atoms with Crippen LogP contribution in [0.15, 0.2) is 36.4 Å². The van der Waals surface area contributed by atoms with Gasteiger partial charge in [0.25, 0.3) is 0 Å². The molecule has 0 saturated carbocycles. The Labute approximate surface area is 126 Å². The van der Waals surface area contributed by atoms with Crippen LogP contribution in [0.5, 0.6) is 0 Å². The summed E-state index contributed by atoms with van der Waals surface area (Å²) >= 11 is 16.1. The molecule has 0 heterocycles. The van der Waals surface area contributed by atoms with Crippen molar-refractivity contribution in [1.29, 1.82) is 0 Å². The molecule has 1 unspecified atom stereocenters. The molecule has 0 spiro atoms. The molecule has 2 aromatic rings. The quantitative estimate of drug-likeness (QED) is 0.578. The standard InChI is InChI=1S/C15H13BrCl2/c1-9-8-14(18)10(2)7-12(9)15(16)11-5-3-4-6-13(11)17/h3-8,15H,1-2H3. The summed E-state index contributed by atoms with van der Waals surface area (Å²) in [7, 11) is 0. The van der Waals surface area contributed by atoms with Gasteiger partial charge in [-0.2, -0.15) is 0 Å². The molecule has 0 fully saturated rings. The van der Waals surface area contributed by atoms with Gasteiger partial charge in [0.15, 0.2) is 0 Å². The van der Waals surface area contributed by atoms with Gasteiger partial charge in [-0.1, -0.05) is 63.4 Å². The van der Waals surface area contributed by atoms with E-state index in [1.807, 2.05) is 37.3 Å². The van der Waals surface area contributed by atoms with E-state index in [1.165, 1.54) is 5.56 Å². The van der Waals surface area contributed by atoms with E-state index < -0.39 is 0 Å². The fourth-order valence-electron chi connectivity index (χ4n) is 1.92. The van der Waals surface area contributed by atoms with Crippen molar-refractivity contribution in [2.45, 2.75) is 18.7 Å². The Hall–Kier alpha value is -0.500. The Morgan fingerprint density at radius 2 is 1.56 bits per heavy atom. The van der Waals surface area contributed by atoms with Crippen molar-refractivity contribution in [2.24, 2.45) is 0 Å². The number of hydrogen-bond acceptors (Lipinski definition) is 0. The lowest BCUT2D eigenvalue weighted by Gasteiger charge is -2.16. The Kier molecular flexibility index (Phi) is 4.37. The largest absolute Gasteiger partial charge is 0.0840 e. The predicted octanol–water partition coefficient (Wildman–Crippen LogP) is 6.09. The highest BCUT2D eigenvalue weighted by molar-refractivity contribution is 9.09. The summed E-state index contributed by atoms with van der Waals surface area (Å²) in [5, 5.41) is 1.57. The first-order chi connectivity index (χ1) is 8.50. The van der Waals surface area contributed by atoms with Gasteiger partial charge in [-0.3, -0.25) is 0 Å². The van der Waals surface area contributed by atoms with Crippen molar-refractivity contribution in [3.05, 3.63) is 68.7 Å². The highest BCUT2D eigenvalue weighted by atomic mass is 79.9. The van der Waals surface area contributed by atoms with Crippen LogP contribution in [-0.4, -0.2) is 0 Å². The smallest absolute Gasteiger partial charge is 0.0661 e. The first-order valence-electron chi connectivity index (χ1n) is 5.66. The summed E-state index contributed by atoms with van der Waals surface area (Å²) in [5.74, 6) is 0. The predicted molar refractivity (Wildman–Crippen MR) is 83.1 cm³/mol. The minimum Gasteiger partial charge on any atom is -0.0840 e. The maximum atomic E-state index is 6.24. The van der Waals surface area contributed by atoms with Crippen molar-refractivity contribution in [3.8, 4) is 0 Å². The number of benzene rings is 2. The highest BCUT2D eigenvalue weighted by Crippen LogP contribution is 2.38. The molecule has 0 N–H and O–H groups in total. The van der Waals surface area contributed by atoms with Crippen LogP contribution < -0.4 is 0 Å². The van der Waals surface area contributed by atoms with Gasteiger partial charge in [-0.25, -0.2) is 0 Å². The number of hydrogen-bond donors (Lipinski definition) is 0. The average Bonchev–Trinajstić information content (AvgIpc) is 2.33. The lowest BCUT2D eigenvalue weighted by atomic mass is 9.98. The van der Waals surface area contributed by atoms with Gasteiger partial charge in [0.1, 0.15) is 0 Å². The molecule has 18 heavy (non-hydrogen) atoms. The van der Waals surface area contributed by atoms with E-state index in [0.717, 1.165) is 26.7 Å². The Bertz CT molecular complexity index is 579. The second-order valence-electron chi connectivity index (χ2n) is 4.34. The van der Waals surface area contributed by atoms with Crippen molar-refractivity contribution >= 4 is 39.1 Å². The second-order valence-corrected chi connectivity index (χ2v) is 6.07. The maximum absolute atomic E-state index is 6.24. The van der Waals surface area contributed by atoms with Crippen molar-refractivity contribution in [1.82, 2.24) is 0 Å². The molecular weight excluding hydrogens is 331 g/mol. The van der Waals surface area contributed by atoms with Crippen molar-refractivity contribution < 1.29 is 0 Å². The van der Waals surface area contributed by atoms with Gasteiger partial charge in [0, 0.05) is 10.0 Å². The van der Waals surface area contributed by atoms with Crippen LogP contribution in [0.4, 0.5) is 0 Å². The van der Waals surface area contributed by atoms with E-state index in [4.69, 9.17) is 23.2 Å². The molecule has 0 nitrogen and oxygen atoms in total. The number of alkyl halides is 1. The second kappa shape index (κ2) is 5.64. The highest BCUT2D eigenvalue weighted by Gasteiger charge is 2.16. The van der Waals surface area contributed by atoms with Gasteiger partial charge < -0.3 is 0 Å². The number of rotatable bonds is 2. The van der Waals surface area contributed by atoms with Crippen LogP contribution in [0, 0.1) is 13.8 Å². The fourth-order valence-corrected chi connectivity index (χ4v) is 3.41. The zero-order valence-electron chi connectivity index (χ0n) is 10.2. The molecule has 3 heteroatoms. The summed E-state index contributed by atoms with van der Waals surface area (Å²) in [6.07, 6.45) is 0. The third kappa shape index (κ3) is 2.74. The third-order valence-electron chi connectivity index (χ3n) is 3.00. The molecule has 0 aliphatic heterocycles. The van der Waals surface area contributed by atoms with Gasteiger partial charge >= 0.3 is 0 Å². The van der Waals surface area contributed by atoms with E-state index in [-0.39, 0.29) is 4.83 Å². The van der Waals surface area contributed by atoms with Crippen LogP contribution in [0.3, 0.4) is 0 Å². The summed E-state index contributed by atoms with van der Waals surface area (Å²) < 4.78 is 0. The van der Waals surface area contributed by atoms with Gasteiger partial charge in [0.2, 0.25) is 0 Å². The topological polar surface area (TPSA) is 0 Å². The van der Waals surface area contributed by atoms with E-state index in [9.17, 15) is 0 Å².